The first-order chi connectivity index (χ1) is 12.0. The normalized spacial score (nSPS) is 24.3. The van der Waals surface area contributed by atoms with Gasteiger partial charge in [-0.3, -0.25) is 0 Å². The molecule has 7 nitrogen and oxygen atoms in total. The first-order valence-corrected chi connectivity index (χ1v) is 11.9. The predicted molar refractivity (Wildman–Crippen MR) is 104 cm³/mol. The van der Waals surface area contributed by atoms with Crippen LogP contribution in [0.4, 0.5) is 5.82 Å². The number of nitrogens with zero attached hydrogens (tertiary/aromatic N) is 3. The molecule has 3 rings (SSSR count). The molecule has 0 bridgehead atoms. The maximum absolute atomic E-state index is 11.6. The maximum Gasteiger partial charge on any atom is 0.226 e. The summed E-state index contributed by atoms with van der Waals surface area (Å²) in [6, 6.07) is 1.82. The van der Waals surface area contributed by atoms with Crippen LogP contribution in [0, 0.1) is 0 Å². The van der Waals surface area contributed by atoms with E-state index in [4.69, 9.17) is 26.5 Å². The van der Waals surface area contributed by atoms with E-state index in [0.717, 1.165) is 6.29 Å². The first kappa shape index (κ1) is 19.3. The Morgan fingerprint density at radius 3 is 2.73 bits per heavy atom. The summed E-state index contributed by atoms with van der Waals surface area (Å²) >= 11 is 5.95. The summed E-state index contributed by atoms with van der Waals surface area (Å²) in [7, 11) is -2.03. The molecule has 2 unspecified atom stereocenters. The van der Waals surface area contributed by atoms with Crippen molar-refractivity contribution in [3.05, 3.63) is 17.5 Å². The van der Waals surface area contributed by atoms with Gasteiger partial charge in [0.15, 0.2) is 14.6 Å². The average Bonchev–Trinajstić information content (AvgIpc) is 3.09. The second-order valence-corrected chi connectivity index (χ2v) is 13.3. The van der Waals surface area contributed by atoms with Gasteiger partial charge in [0.05, 0.1) is 11.5 Å². The number of aromatic nitrogens is 3. The Labute approximate surface area is 159 Å². The molecular weight excluding hydrogens is 372 g/mol. The van der Waals surface area contributed by atoms with Gasteiger partial charge in [-0.2, -0.15) is 4.98 Å². The van der Waals surface area contributed by atoms with E-state index >= 15 is 0 Å². The van der Waals surface area contributed by atoms with E-state index in [2.05, 4.69) is 43.8 Å². The van der Waals surface area contributed by atoms with Gasteiger partial charge in [0.1, 0.15) is 23.8 Å². The fourth-order valence-electron chi connectivity index (χ4n) is 2.89. The van der Waals surface area contributed by atoms with Crippen molar-refractivity contribution in [1.29, 1.82) is 0 Å². The van der Waals surface area contributed by atoms with Gasteiger partial charge in [-0.05, 0) is 35.8 Å². The molecule has 26 heavy (non-hydrogen) atoms. The molecule has 1 aliphatic rings. The molecule has 0 spiro atoms. The number of rotatable bonds is 4. The van der Waals surface area contributed by atoms with Crippen molar-refractivity contribution in [2.75, 3.05) is 5.73 Å². The number of fused-ring (bicyclic) bond motifs is 1. The van der Waals surface area contributed by atoms with Crippen molar-refractivity contribution in [3.8, 4) is 0 Å². The number of halogens is 1. The van der Waals surface area contributed by atoms with Crippen molar-refractivity contribution in [2.45, 2.75) is 63.8 Å². The van der Waals surface area contributed by atoms with E-state index in [9.17, 15) is 4.79 Å². The van der Waals surface area contributed by atoms with E-state index in [1.807, 2.05) is 16.8 Å². The Bertz CT molecular complexity index is 833. The Morgan fingerprint density at radius 1 is 1.42 bits per heavy atom. The maximum atomic E-state index is 11.6. The SMILES string of the molecule is CC(C)(C)[Si](C)(C)OC1C[C@H](n2ccc3c(N)nc(Cl)nc32)OC1C=O. The molecule has 142 valence electrons. The molecule has 1 fully saturated rings. The van der Waals surface area contributed by atoms with Gasteiger partial charge in [0, 0.05) is 12.6 Å². The molecule has 1 aliphatic heterocycles. The van der Waals surface area contributed by atoms with Gasteiger partial charge in [0.2, 0.25) is 5.28 Å². The summed E-state index contributed by atoms with van der Waals surface area (Å²) in [5.74, 6) is 0.317. The van der Waals surface area contributed by atoms with Crippen LogP contribution in [-0.4, -0.2) is 41.3 Å². The minimum atomic E-state index is -2.03. The summed E-state index contributed by atoms with van der Waals surface area (Å²) in [4.78, 5) is 19.8. The standard InChI is InChI=1S/C17H25ClN4O3Si/c1-17(2,3)26(4,5)25-11-8-13(24-12(11)9-23)22-7-6-10-14(19)20-16(18)21-15(10)22/h6-7,9,11-13H,8H2,1-5H3,(H2,19,20,21)/t11?,12?,13-/m1/s1. The first-order valence-electron chi connectivity index (χ1n) is 8.61. The lowest BCUT2D eigenvalue weighted by Gasteiger charge is -2.38. The third-order valence-corrected chi connectivity index (χ3v) is 10.1. The van der Waals surface area contributed by atoms with E-state index in [0.29, 0.717) is 23.3 Å². The van der Waals surface area contributed by atoms with Gasteiger partial charge in [-0.25, -0.2) is 4.98 Å². The monoisotopic (exact) mass is 396 g/mol. The summed E-state index contributed by atoms with van der Waals surface area (Å²) in [5, 5.41) is 0.830. The third-order valence-electron chi connectivity index (χ3n) is 5.39. The van der Waals surface area contributed by atoms with E-state index in [1.165, 1.54) is 0 Å². The number of aldehydes is 1. The van der Waals surface area contributed by atoms with Crippen LogP contribution >= 0.6 is 11.6 Å². The van der Waals surface area contributed by atoms with Crippen molar-refractivity contribution in [2.24, 2.45) is 0 Å². The highest BCUT2D eigenvalue weighted by Gasteiger charge is 2.45. The van der Waals surface area contributed by atoms with Gasteiger partial charge in [-0.15, -0.1) is 0 Å². The molecule has 2 N–H and O–H groups in total. The number of anilines is 1. The van der Waals surface area contributed by atoms with Crippen LogP contribution < -0.4 is 5.73 Å². The molecule has 3 heterocycles. The summed E-state index contributed by atoms with van der Waals surface area (Å²) in [6.45, 7) is 10.8. The second-order valence-electron chi connectivity index (χ2n) is 8.18. The molecule has 2 aromatic rings. The van der Waals surface area contributed by atoms with E-state index < -0.39 is 14.4 Å². The summed E-state index contributed by atoms with van der Waals surface area (Å²) < 4.78 is 14.2. The Hall–Kier alpha value is -1.48. The minimum Gasteiger partial charge on any atom is -0.411 e. The lowest BCUT2D eigenvalue weighted by Crippen LogP contribution is -2.46. The van der Waals surface area contributed by atoms with E-state index in [1.54, 1.807) is 0 Å². The number of nitrogen functional groups attached to an aromatic ring is 1. The summed E-state index contributed by atoms with van der Waals surface area (Å²) in [5.41, 5.74) is 6.50. The molecule has 0 radical (unpaired) electrons. The Balaban J connectivity index is 1.89. The average molecular weight is 397 g/mol. The van der Waals surface area contributed by atoms with Gasteiger partial charge in [-0.1, -0.05) is 20.8 Å². The zero-order valence-electron chi connectivity index (χ0n) is 15.7. The highest BCUT2D eigenvalue weighted by atomic mass is 35.5. The summed E-state index contributed by atoms with van der Waals surface area (Å²) in [6.07, 6.45) is 1.93. The van der Waals surface area contributed by atoms with Crippen LogP contribution in [0.3, 0.4) is 0 Å². The molecule has 1 saturated heterocycles. The Kier molecular flexibility index (Phi) is 4.89. The largest absolute Gasteiger partial charge is 0.411 e. The zero-order valence-corrected chi connectivity index (χ0v) is 17.4. The van der Waals surface area contributed by atoms with Crippen molar-refractivity contribution in [1.82, 2.24) is 14.5 Å². The minimum absolute atomic E-state index is 0.0495. The van der Waals surface area contributed by atoms with Gasteiger partial charge >= 0.3 is 0 Å². The predicted octanol–water partition coefficient (Wildman–Crippen LogP) is 3.54. The third kappa shape index (κ3) is 3.38. The quantitative estimate of drug-likeness (QED) is 0.482. The van der Waals surface area contributed by atoms with Crippen LogP contribution in [0.2, 0.25) is 23.4 Å². The fourth-order valence-corrected chi connectivity index (χ4v) is 4.40. The van der Waals surface area contributed by atoms with Crippen LogP contribution in [0.15, 0.2) is 12.3 Å². The molecule has 0 saturated carbocycles. The van der Waals surface area contributed by atoms with Crippen LogP contribution in [-0.2, 0) is 14.0 Å². The molecule has 0 aliphatic carbocycles. The van der Waals surface area contributed by atoms with Crippen LogP contribution in [0.25, 0.3) is 11.0 Å². The topological polar surface area (TPSA) is 92.3 Å². The lowest BCUT2D eigenvalue weighted by molar-refractivity contribution is -0.122. The molecular formula is C17H25ClN4O3Si. The molecule has 0 amide bonds. The number of ether oxygens (including phenoxy) is 1. The van der Waals surface area contributed by atoms with Gasteiger partial charge < -0.3 is 24.3 Å². The number of carbonyl (C=O) groups is 1. The van der Waals surface area contributed by atoms with Crippen molar-refractivity contribution < 1.29 is 14.0 Å². The highest BCUT2D eigenvalue weighted by Crippen LogP contribution is 2.41. The molecule has 2 aromatic heterocycles. The number of hydrogen-bond donors (Lipinski definition) is 1. The number of nitrogens with two attached hydrogens (primary N) is 1. The van der Waals surface area contributed by atoms with Crippen LogP contribution in [0.1, 0.15) is 33.4 Å². The van der Waals surface area contributed by atoms with E-state index in [-0.39, 0.29) is 22.7 Å². The molecule has 0 aromatic carbocycles. The van der Waals surface area contributed by atoms with Crippen LogP contribution in [0.5, 0.6) is 0 Å². The Morgan fingerprint density at radius 2 is 2.12 bits per heavy atom. The molecule has 3 atom stereocenters. The second kappa shape index (κ2) is 6.60. The fraction of sp³-hybridized carbons (Fsp3) is 0.588. The highest BCUT2D eigenvalue weighted by molar-refractivity contribution is 6.74. The lowest BCUT2D eigenvalue weighted by atomic mass is 10.2. The van der Waals surface area contributed by atoms with Crippen molar-refractivity contribution in [3.63, 3.8) is 0 Å². The number of carbonyl (C=O) groups excluding carboxylic acids is 1. The van der Waals surface area contributed by atoms with Gasteiger partial charge in [0.25, 0.3) is 0 Å². The number of hydrogen-bond acceptors (Lipinski definition) is 6. The molecule has 9 heteroatoms. The zero-order chi connectivity index (χ0) is 19.3. The smallest absolute Gasteiger partial charge is 0.226 e. The van der Waals surface area contributed by atoms with Crippen molar-refractivity contribution >= 4 is 43.1 Å².